The summed E-state index contributed by atoms with van der Waals surface area (Å²) in [6, 6.07) is -0.387. The van der Waals surface area contributed by atoms with Crippen LogP contribution < -0.4 is 0 Å². The van der Waals surface area contributed by atoms with E-state index < -0.39 is 18.6 Å². The van der Waals surface area contributed by atoms with Crippen molar-refractivity contribution in [2.75, 3.05) is 0 Å². The first kappa shape index (κ1) is 2.08. The second kappa shape index (κ2) is 2.10. The van der Waals surface area contributed by atoms with Gasteiger partial charge in [0, 0.05) is 11.7 Å². The Hall–Kier alpha value is 0.180. The molecule has 2 heteroatoms. The molecule has 1 aromatic rings. The van der Waals surface area contributed by atoms with E-state index in [0.717, 1.165) is 11.3 Å². The van der Waals surface area contributed by atoms with E-state index in [1.54, 1.807) is 0 Å². The Bertz CT molecular complexity index is 452. The molecule has 1 heterocycles. The summed E-state index contributed by atoms with van der Waals surface area (Å²) in [6.45, 7) is 0. The Kier molecular flexibility index (Phi) is 0.485. The zero-order valence-corrected chi connectivity index (χ0v) is 6.69. The molecular formula is C7H7BrS. The highest BCUT2D eigenvalue weighted by molar-refractivity contribution is 9.11. The topological polar surface area (TPSA) is 0 Å². The average molecular weight is 210 g/mol. The van der Waals surface area contributed by atoms with Crippen molar-refractivity contribution in [3.05, 3.63) is 20.7 Å². The first-order valence-corrected chi connectivity index (χ1v) is 3.96. The second-order valence-corrected chi connectivity index (χ2v) is 3.92. The van der Waals surface area contributed by atoms with Gasteiger partial charge in [0.15, 0.2) is 0 Å². The van der Waals surface area contributed by atoms with Crippen molar-refractivity contribution < 1.29 is 9.60 Å². The van der Waals surface area contributed by atoms with Crippen LogP contribution in [0.3, 0.4) is 0 Å². The van der Waals surface area contributed by atoms with Gasteiger partial charge in [0.2, 0.25) is 0 Å². The van der Waals surface area contributed by atoms with Crippen LogP contribution in [-0.4, -0.2) is 0 Å². The summed E-state index contributed by atoms with van der Waals surface area (Å²) in [6.07, 6.45) is -4.63. The normalized spacial score (nSPS) is 44.3. The quantitative estimate of drug-likeness (QED) is 0.666. The Morgan fingerprint density at radius 1 is 1.89 bits per heavy atom. The molecule has 1 aliphatic carbocycles. The van der Waals surface area contributed by atoms with Crippen LogP contribution in [0.5, 0.6) is 0 Å². The Morgan fingerprint density at radius 2 is 2.67 bits per heavy atom. The van der Waals surface area contributed by atoms with Gasteiger partial charge in [-0.15, -0.1) is 11.3 Å². The van der Waals surface area contributed by atoms with Crippen LogP contribution in [0, 0.1) is 0 Å². The van der Waals surface area contributed by atoms with Gasteiger partial charge in [0.25, 0.3) is 0 Å². The van der Waals surface area contributed by atoms with E-state index >= 15 is 0 Å². The number of hydrogen-bond donors (Lipinski definition) is 0. The number of rotatable bonds is 1. The van der Waals surface area contributed by atoms with Crippen LogP contribution in [0.1, 0.15) is 33.1 Å². The molecule has 1 aliphatic rings. The van der Waals surface area contributed by atoms with Crippen LogP contribution in [-0.2, 0) is 0 Å². The lowest BCUT2D eigenvalue weighted by Crippen LogP contribution is -1.62. The largest absolute Gasteiger partial charge is 0.133 e. The molecule has 1 fully saturated rings. The van der Waals surface area contributed by atoms with Gasteiger partial charge in [-0.3, -0.25) is 0 Å². The summed E-state index contributed by atoms with van der Waals surface area (Å²) >= 11 is 3.93. The maximum atomic E-state index is 7.88. The summed E-state index contributed by atoms with van der Waals surface area (Å²) in [5, 5.41) is 0. The van der Waals surface area contributed by atoms with E-state index in [9.17, 15) is 0 Å². The van der Waals surface area contributed by atoms with E-state index in [1.807, 2.05) is 0 Å². The Morgan fingerprint density at radius 3 is 3.11 bits per heavy atom. The lowest BCUT2D eigenvalue weighted by Gasteiger charge is -1.83. The molecule has 0 atom stereocenters. The third-order valence-corrected chi connectivity index (χ3v) is 2.42. The Balaban J connectivity index is 2.60. The minimum absolute atomic E-state index is 0.0284. The third-order valence-electron chi connectivity index (χ3n) is 0.943. The predicted molar refractivity (Wildman–Crippen MR) is 44.0 cm³/mol. The number of halogens is 1. The summed E-state index contributed by atoms with van der Waals surface area (Å²) < 4.78 is 53.2. The van der Waals surface area contributed by atoms with Gasteiger partial charge in [-0.25, -0.2) is 0 Å². The molecule has 48 valence electrons. The van der Waals surface area contributed by atoms with Gasteiger partial charge in [-0.2, -0.15) is 0 Å². The monoisotopic (exact) mass is 209 g/mol. The van der Waals surface area contributed by atoms with E-state index in [-0.39, 0.29) is 17.0 Å². The highest BCUT2D eigenvalue weighted by Gasteiger charge is 2.24. The summed E-state index contributed by atoms with van der Waals surface area (Å²) in [4.78, 5) is -0.0284. The van der Waals surface area contributed by atoms with Crippen LogP contribution in [0.4, 0.5) is 0 Å². The minimum atomic E-state index is -2.31. The minimum Gasteiger partial charge on any atom is -0.133 e. The van der Waals surface area contributed by atoms with E-state index in [0.29, 0.717) is 3.79 Å². The standard InChI is InChI=1S/C7H7BrS/c8-7-4-3-6(9-7)5-1-2-5/h3-5H,1-2H2/i1D2,2D2,3D,4D,5D. The van der Waals surface area contributed by atoms with Gasteiger partial charge in [0.1, 0.15) is 0 Å². The lowest BCUT2D eigenvalue weighted by molar-refractivity contribution is 1.18. The van der Waals surface area contributed by atoms with Crippen LogP contribution in [0.15, 0.2) is 15.9 Å². The number of hydrogen-bond acceptors (Lipinski definition) is 1. The molecule has 0 spiro atoms. The highest BCUT2D eigenvalue weighted by Crippen LogP contribution is 2.43. The van der Waals surface area contributed by atoms with E-state index in [4.69, 9.17) is 9.60 Å². The van der Waals surface area contributed by atoms with Gasteiger partial charge in [-0.05, 0) is 46.7 Å². The van der Waals surface area contributed by atoms with Gasteiger partial charge < -0.3 is 0 Å². The zero-order valence-electron chi connectivity index (χ0n) is 11.3. The van der Waals surface area contributed by atoms with Crippen molar-refractivity contribution in [2.45, 2.75) is 18.6 Å². The second-order valence-electron chi connectivity index (χ2n) is 1.58. The molecule has 0 aliphatic heterocycles. The molecule has 0 nitrogen and oxygen atoms in total. The summed E-state index contributed by atoms with van der Waals surface area (Å²) in [5.74, 6) is -2.07. The third kappa shape index (κ3) is 1.19. The van der Waals surface area contributed by atoms with E-state index in [1.165, 1.54) is 0 Å². The van der Waals surface area contributed by atoms with Crippen LogP contribution in [0.2, 0.25) is 0 Å². The number of thiophene rings is 1. The SMILES string of the molecule is [2H]c1c(Br)sc(C2([2H])C([2H])([2H])C2([2H])[2H])c1[2H]. The molecule has 2 rings (SSSR count). The van der Waals surface area contributed by atoms with E-state index in [2.05, 4.69) is 15.9 Å². The van der Waals surface area contributed by atoms with Crippen LogP contribution in [0.25, 0.3) is 0 Å². The summed E-state index contributed by atoms with van der Waals surface area (Å²) in [5.41, 5.74) is 0. The van der Waals surface area contributed by atoms with Crippen molar-refractivity contribution in [3.8, 4) is 0 Å². The Labute approximate surface area is 76.9 Å². The first-order chi connectivity index (χ1) is 7.09. The molecule has 0 unspecified atom stereocenters. The van der Waals surface area contributed by atoms with Crippen molar-refractivity contribution >= 4 is 27.3 Å². The van der Waals surface area contributed by atoms with Gasteiger partial charge in [-0.1, -0.05) is 0 Å². The van der Waals surface area contributed by atoms with Crippen molar-refractivity contribution in [2.24, 2.45) is 0 Å². The molecule has 1 saturated carbocycles. The van der Waals surface area contributed by atoms with Gasteiger partial charge >= 0.3 is 0 Å². The molecule has 0 amide bonds. The molecule has 0 saturated heterocycles. The zero-order chi connectivity index (χ0) is 12.5. The van der Waals surface area contributed by atoms with Crippen molar-refractivity contribution in [1.29, 1.82) is 0 Å². The molecule has 0 aromatic carbocycles. The van der Waals surface area contributed by atoms with Gasteiger partial charge in [0.05, 0.1) is 6.53 Å². The maximum absolute atomic E-state index is 7.88. The predicted octanol–water partition coefficient (Wildman–Crippen LogP) is 3.39. The van der Waals surface area contributed by atoms with Crippen molar-refractivity contribution in [3.63, 3.8) is 0 Å². The fraction of sp³-hybridized carbons (Fsp3) is 0.429. The molecule has 0 N–H and O–H groups in total. The molecule has 9 heavy (non-hydrogen) atoms. The highest BCUT2D eigenvalue weighted by atomic mass is 79.9. The fourth-order valence-corrected chi connectivity index (χ4v) is 1.68. The maximum Gasteiger partial charge on any atom is 0.0701 e. The van der Waals surface area contributed by atoms with Crippen LogP contribution >= 0.6 is 27.3 Å². The molecule has 1 aromatic heterocycles. The van der Waals surface area contributed by atoms with Crippen molar-refractivity contribution in [1.82, 2.24) is 0 Å². The lowest BCUT2D eigenvalue weighted by atomic mass is 10.3. The molecule has 0 bridgehead atoms. The average Bonchev–Trinajstić information content (AvgIpc) is 2.43. The fourth-order valence-electron chi connectivity index (χ4n) is 0.505. The summed E-state index contributed by atoms with van der Waals surface area (Å²) in [7, 11) is 0. The molecular weight excluding hydrogens is 196 g/mol. The molecule has 0 radical (unpaired) electrons. The first-order valence-electron chi connectivity index (χ1n) is 5.85. The smallest absolute Gasteiger partial charge is 0.0701 e.